The summed E-state index contributed by atoms with van der Waals surface area (Å²) in [5, 5.41) is 7.08. The van der Waals surface area contributed by atoms with Gasteiger partial charge in [0, 0.05) is 5.56 Å². The van der Waals surface area contributed by atoms with Gasteiger partial charge in [-0.15, -0.1) is 0 Å². The quantitative estimate of drug-likeness (QED) is 0.710. The Morgan fingerprint density at radius 3 is 2.50 bits per heavy atom. The van der Waals surface area contributed by atoms with E-state index < -0.39 is 16.5 Å². The number of carboxylic acid groups (broad SMARTS) is 1. The summed E-state index contributed by atoms with van der Waals surface area (Å²) in [6.07, 6.45) is 0. The van der Waals surface area contributed by atoms with Crippen LogP contribution in [0.3, 0.4) is 0 Å². The van der Waals surface area contributed by atoms with Gasteiger partial charge in [-0.1, -0.05) is 30.3 Å². The van der Waals surface area contributed by atoms with Crippen LogP contribution in [0.1, 0.15) is 5.56 Å². The Morgan fingerprint density at radius 1 is 1.42 bits per heavy atom. The largest absolute Gasteiger partial charge is 0.606 e. The molecule has 0 spiro atoms. The topological polar surface area (TPSA) is 60.4 Å². The van der Waals surface area contributed by atoms with E-state index in [1.54, 1.807) is 24.3 Å². The van der Waals surface area contributed by atoms with E-state index in [-0.39, 0.29) is 5.75 Å². The molecule has 0 bridgehead atoms. The fourth-order valence-electron chi connectivity index (χ4n) is 0.787. The van der Waals surface area contributed by atoms with Gasteiger partial charge in [0.1, 0.15) is 5.75 Å². The molecule has 64 valence electrons. The number of benzene rings is 1. The van der Waals surface area contributed by atoms with Crippen molar-refractivity contribution in [3.8, 4) is 0 Å². The van der Waals surface area contributed by atoms with Crippen LogP contribution in [0.5, 0.6) is 0 Å². The maximum absolute atomic E-state index is 10.8. The molecule has 1 N–H and O–H groups in total. The highest BCUT2D eigenvalue weighted by molar-refractivity contribution is 8.04. The van der Waals surface area contributed by atoms with Crippen molar-refractivity contribution in [3.63, 3.8) is 0 Å². The SMILES string of the molecule is O=C(O)[S+]([O-])Cc1ccccc1. The van der Waals surface area contributed by atoms with Crippen molar-refractivity contribution < 1.29 is 14.5 Å². The third-order valence-corrected chi connectivity index (χ3v) is 2.32. The zero-order valence-electron chi connectivity index (χ0n) is 6.27. The van der Waals surface area contributed by atoms with Crippen molar-refractivity contribution >= 4 is 16.5 Å². The van der Waals surface area contributed by atoms with Crippen LogP contribution in [-0.2, 0) is 16.9 Å². The van der Waals surface area contributed by atoms with Crippen LogP contribution in [0.4, 0.5) is 4.79 Å². The molecule has 12 heavy (non-hydrogen) atoms. The Balaban J connectivity index is 2.58. The molecule has 3 nitrogen and oxygen atoms in total. The van der Waals surface area contributed by atoms with Crippen molar-refractivity contribution in [1.29, 1.82) is 0 Å². The van der Waals surface area contributed by atoms with E-state index >= 15 is 0 Å². The van der Waals surface area contributed by atoms with Crippen molar-refractivity contribution in [2.45, 2.75) is 5.75 Å². The second-order valence-corrected chi connectivity index (χ2v) is 3.57. The van der Waals surface area contributed by atoms with Crippen molar-refractivity contribution in [3.05, 3.63) is 35.9 Å². The zero-order chi connectivity index (χ0) is 8.97. The van der Waals surface area contributed by atoms with E-state index in [1.807, 2.05) is 6.07 Å². The van der Waals surface area contributed by atoms with Gasteiger partial charge in [-0.05, 0) is 0 Å². The van der Waals surface area contributed by atoms with Crippen LogP contribution < -0.4 is 0 Å². The van der Waals surface area contributed by atoms with E-state index in [0.717, 1.165) is 5.56 Å². The normalized spacial score (nSPS) is 12.4. The molecular weight excluding hydrogens is 176 g/mol. The van der Waals surface area contributed by atoms with E-state index in [2.05, 4.69) is 0 Å². The van der Waals surface area contributed by atoms with E-state index in [4.69, 9.17) is 5.11 Å². The Morgan fingerprint density at radius 2 is 2.00 bits per heavy atom. The van der Waals surface area contributed by atoms with Gasteiger partial charge < -0.3 is 9.66 Å². The fourth-order valence-corrected chi connectivity index (χ4v) is 1.41. The predicted octanol–water partition coefficient (Wildman–Crippen LogP) is 1.61. The summed E-state index contributed by atoms with van der Waals surface area (Å²) in [7, 11) is 0. The lowest BCUT2D eigenvalue weighted by atomic mass is 10.2. The monoisotopic (exact) mass is 184 g/mol. The van der Waals surface area contributed by atoms with Gasteiger partial charge in [-0.3, -0.25) is 0 Å². The maximum atomic E-state index is 10.8. The summed E-state index contributed by atoms with van der Waals surface area (Å²) < 4.78 is 10.8. The van der Waals surface area contributed by atoms with Gasteiger partial charge in [0.25, 0.3) is 0 Å². The molecule has 0 radical (unpaired) electrons. The third kappa shape index (κ3) is 2.56. The lowest BCUT2D eigenvalue weighted by Crippen LogP contribution is -2.14. The molecule has 1 unspecified atom stereocenters. The molecule has 0 saturated carbocycles. The standard InChI is InChI=1S/C8H8O3S/c9-8(10)12(11)6-7-4-2-1-3-5-7/h1-5H,6H2,(H,9,10). The second kappa shape index (κ2) is 4.13. The third-order valence-electron chi connectivity index (χ3n) is 1.34. The molecule has 0 aliphatic rings. The Labute approximate surface area is 73.2 Å². The van der Waals surface area contributed by atoms with Gasteiger partial charge in [-0.2, -0.15) is 4.79 Å². The molecule has 1 atom stereocenters. The molecule has 1 rings (SSSR count). The van der Waals surface area contributed by atoms with Gasteiger partial charge in [0.2, 0.25) is 0 Å². The minimum atomic E-state index is -1.81. The molecule has 0 fully saturated rings. The first-order valence-electron chi connectivity index (χ1n) is 3.35. The molecule has 0 saturated heterocycles. The first-order valence-corrected chi connectivity index (χ1v) is 4.67. The van der Waals surface area contributed by atoms with Crippen LogP contribution in [-0.4, -0.2) is 15.0 Å². The van der Waals surface area contributed by atoms with E-state index in [0.29, 0.717) is 0 Å². The molecule has 0 aliphatic carbocycles. The van der Waals surface area contributed by atoms with Crippen LogP contribution in [0.15, 0.2) is 30.3 Å². The van der Waals surface area contributed by atoms with E-state index in [9.17, 15) is 9.35 Å². The number of hydrogen-bond acceptors (Lipinski definition) is 2. The predicted molar refractivity (Wildman–Crippen MR) is 46.3 cm³/mol. The molecule has 0 aromatic heterocycles. The van der Waals surface area contributed by atoms with E-state index in [1.165, 1.54) is 0 Å². The highest BCUT2D eigenvalue weighted by atomic mass is 32.2. The van der Waals surface area contributed by atoms with Gasteiger partial charge in [-0.25, -0.2) is 0 Å². The summed E-state index contributed by atoms with van der Waals surface area (Å²) >= 11 is -1.81. The number of rotatable bonds is 2. The average Bonchev–Trinajstić information content (AvgIpc) is 2.06. The highest BCUT2D eigenvalue weighted by Gasteiger charge is 2.16. The summed E-state index contributed by atoms with van der Waals surface area (Å²) in [6, 6.07) is 8.90. The number of hydrogen-bond donors (Lipinski definition) is 1. The fraction of sp³-hybridized carbons (Fsp3) is 0.125. The molecule has 4 heteroatoms. The molecule has 0 heterocycles. The first kappa shape index (κ1) is 9.09. The minimum absolute atomic E-state index is 0.0795. The summed E-state index contributed by atoms with van der Waals surface area (Å²) in [6.45, 7) is 0. The van der Waals surface area contributed by atoms with Crippen molar-refractivity contribution in [1.82, 2.24) is 0 Å². The molecule has 1 aromatic carbocycles. The Hall–Kier alpha value is -1.00. The second-order valence-electron chi connectivity index (χ2n) is 2.24. The zero-order valence-corrected chi connectivity index (χ0v) is 7.08. The van der Waals surface area contributed by atoms with Crippen molar-refractivity contribution in [2.75, 3.05) is 0 Å². The summed E-state index contributed by atoms with van der Waals surface area (Å²) in [5.41, 5.74) is 0.776. The molecule has 0 amide bonds. The van der Waals surface area contributed by atoms with Gasteiger partial charge in [0.15, 0.2) is 0 Å². The van der Waals surface area contributed by atoms with Crippen LogP contribution in [0, 0.1) is 0 Å². The van der Waals surface area contributed by atoms with Gasteiger partial charge in [0.05, 0.1) is 11.2 Å². The average molecular weight is 184 g/mol. The Bertz CT molecular complexity index is 260. The Kier molecular flexibility index (Phi) is 3.13. The highest BCUT2D eigenvalue weighted by Crippen LogP contribution is 2.06. The van der Waals surface area contributed by atoms with Gasteiger partial charge >= 0.3 is 5.30 Å². The van der Waals surface area contributed by atoms with Crippen molar-refractivity contribution in [2.24, 2.45) is 0 Å². The number of carbonyl (C=O) groups is 1. The van der Waals surface area contributed by atoms with Crippen LogP contribution in [0.25, 0.3) is 0 Å². The first-order chi connectivity index (χ1) is 5.70. The van der Waals surface area contributed by atoms with Crippen LogP contribution in [0.2, 0.25) is 0 Å². The smallest absolute Gasteiger partial charge is 0.521 e. The molecule has 0 aliphatic heterocycles. The maximum Gasteiger partial charge on any atom is 0.521 e. The molecular formula is C8H8O3S. The summed E-state index contributed by atoms with van der Waals surface area (Å²) in [4.78, 5) is 10.2. The molecule has 1 aromatic rings. The lowest BCUT2D eigenvalue weighted by molar-refractivity contribution is 0.219. The lowest BCUT2D eigenvalue weighted by Gasteiger charge is -2.03. The minimum Gasteiger partial charge on any atom is -0.606 e. The summed E-state index contributed by atoms with van der Waals surface area (Å²) in [5.74, 6) is 0.0795. The van der Waals surface area contributed by atoms with Crippen LogP contribution >= 0.6 is 0 Å².